The maximum absolute atomic E-state index is 13.6. The zero-order valence-electron chi connectivity index (χ0n) is 22.4. The first-order valence-electron chi connectivity index (χ1n) is 12.8. The number of carbonyl (C=O) groups excluding carboxylic acids is 1. The topological polar surface area (TPSA) is 96.5 Å². The average Bonchev–Trinajstić information content (AvgIpc) is 2.88. The molecule has 1 amide bonds. The lowest BCUT2D eigenvalue weighted by Gasteiger charge is -2.28. The van der Waals surface area contributed by atoms with E-state index in [1.807, 2.05) is 18.2 Å². The van der Waals surface area contributed by atoms with Gasteiger partial charge in [-0.3, -0.25) is 4.79 Å². The molecule has 1 aliphatic rings. The fraction of sp³-hybridized carbons (Fsp3) is 0.345. The molecule has 0 saturated carbocycles. The molecule has 3 aromatic carbocycles. The molecule has 0 unspecified atom stereocenters. The monoisotopic (exact) mass is 607 g/mol. The van der Waals surface area contributed by atoms with Gasteiger partial charge in [0.2, 0.25) is 15.9 Å². The van der Waals surface area contributed by atoms with Crippen LogP contribution in [-0.4, -0.2) is 26.5 Å². The van der Waals surface area contributed by atoms with E-state index in [-0.39, 0.29) is 38.8 Å². The summed E-state index contributed by atoms with van der Waals surface area (Å²) in [5, 5.41) is 6.76. The molecule has 3 N–H and O–H groups in total. The fourth-order valence-corrected chi connectivity index (χ4v) is 5.93. The summed E-state index contributed by atoms with van der Waals surface area (Å²) in [6.45, 7) is 7.39. The largest absolute Gasteiger partial charge is 0.493 e. The maximum atomic E-state index is 13.6. The van der Waals surface area contributed by atoms with Crippen molar-refractivity contribution >= 4 is 39.1 Å². The van der Waals surface area contributed by atoms with Gasteiger partial charge in [-0.25, -0.2) is 17.5 Å². The molecule has 2 atom stereocenters. The summed E-state index contributed by atoms with van der Waals surface area (Å²) in [5.41, 5.74) is 2.32. The van der Waals surface area contributed by atoms with Crippen LogP contribution in [-0.2, 0) is 21.4 Å². The Morgan fingerprint density at radius 3 is 2.45 bits per heavy atom. The van der Waals surface area contributed by atoms with Gasteiger partial charge in [-0.1, -0.05) is 47.5 Å². The van der Waals surface area contributed by atoms with Crippen molar-refractivity contribution in [1.82, 2.24) is 15.4 Å². The van der Waals surface area contributed by atoms with Crippen LogP contribution in [0.4, 0.5) is 4.39 Å². The van der Waals surface area contributed by atoms with E-state index in [0.717, 1.165) is 11.1 Å². The number of amides is 1. The molecule has 0 bridgehead atoms. The Labute approximate surface area is 244 Å². The molecule has 0 aliphatic carbocycles. The first kappa shape index (κ1) is 30.3. The van der Waals surface area contributed by atoms with Crippen LogP contribution in [0.25, 0.3) is 0 Å². The van der Waals surface area contributed by atoms with E-state index < -0.39 is 21.9 Å². The molecule has 3 aromatic rings. The quantitative estimate of drug-likeness (QED) is 0.274. The highest BCUT2D eigenvalue weighted by molar-refractivity contribution is 7.89. The third-order valence-electron chi connectivity index (χ3n) is 6.44. The SMILES string of the molecule is CC(C)(C)NCc1ccc2c(c1)OCC[C@H]2NC(=O)C[C@@H](NS(=O)(=O)c1ccc(Cl)c(Cl)c1)c1ccc(F)cc1. The molecule has 0 aromatic heterocycles. The highest BCUT2D eigenvalue weighted by Crippen LogP contribution is 2.33. The van der Waals surface area contributed by atoms with Gasteiger partial charge in [0.25, 0.3) is 0 Å². The molecule has 1 aliphatic heterocycles. The summed E-state index contributed by atoms with van der Waals surface area (Å²) < 4.78 is 48.4. The summed E-state index contributed by atoms with van der Waals surface area (Å²) in [6.07, 6.45) is 0.348. The number of ether oxygens (including phenoxy) is 1. The van der Waals surface area contributed by atoms with Crippen molar-refractivity contribution in [2.45, 2.75) is 62.7 Å². The number of rotatable bonds is 9. The molecule has 0 fully saturated rings. The third kappa shape index (κ3) is 7.95. The van der Waals surface area contributed by atoms with Crippen molar-refractivity contribution in [2.75, 3.05) is 6.61 Å². The first-order valence-corrected chi connectivity index (χ1v) is 15.1. The predicted octanol–water partition coefficient (Wildman–Crippen LogP) is 6.07. The lowest BCUT2D eigenvalue weighted by Crippen LogP contribution is -2.37. The van der Waals surface area contributed by atoms with E-state index in [1.54, 1.807) is 0 Å². The standard InChI is InChI=1S/C29H32Cl2FN3O4S/c1-29(2,3)33-17-18-4-10-22-25(12-13-39-27(22)14-18)34-28(36)16-26(19-5-7-20(32)8-6-19)35-40(37,38)21-9-11-23(30)24(31)15-21/h4-11,14-15,25-26,33,35H,12-13,16-17H2,1-3H3,(H,34,36)/t25-,26-/m1/s1. The molecule has 214 valence electrons. The first-order chi connectivity index (χ1) is 18.8. The van der Waals surface area contributed by atoms with E-state index in [9.17, 15) is 17.6 Å². The second-order valence-electron chi connectivity index (χ2n) is 10.7. The molecule has 1 heterocycles. The Hall–Kier alpha value is -2.69. The molecule has 11 heteroatoms. The van der Waals surface area contributed by atoms with Gasteiger partial charge in [0.05, 0.1) is 33.6 Å². The van der Waals surface area contributed by atoms with Crippen molar-refractivity contribution in [2.24, 2.45) is 0 Å². The Morgan fingerprint density at radius 1 is 1.05 bits per heavy atom. The van der Waals surface area contributed by atoms with Gasteiger partial charge in [-0.15, -0.1) is 0 Å². The van der Waals surface area contributed by atoms with Gasteiger partial charge in [0.15, 0.2) is 0 Å². The van der Waals surface area contributed by atoms with Crippen molar-refractivity contribution in [1.29, 1.82) is 0 Å². The predicted molar refractivity (Wildman–Crippen MR) is 155 cm³/mol. The second kappa shape index (κ2) is 12.4. The van der Waals surface area contributed by atoms with E-state index in [2.05, 4.69) is 36.1 Å². The number of fused-ring (bicyclic) bond motifs is 1. The Morgan fingerprint density at radius 2 is 1.77 bits per heavy atom. The Bertz CT molecular complexity index is 1480. The van der Waals surface area contributed by atoms with Crippen LogP contribution < -0.4 is 20.1 Å². The van der Waals surface area contributed by atoms with E-state index >= 15 is 0 Å². The Balaban J connectivity index is 1.51. The minimum absolute atomic E-state index is 0.0321. The normalized spacial score (nSPS) is 16.1. The van der Waals surface area contributed by atoms with Crippen LogP contribution in [0, 0.1) is 5.82 Å². The smallest absolute Gasteiger partial charge is 0.241 e. The van der Waals surface area contributed by atoms with Gasteiger partial charge in [0.1, 0.15) is 11.6 Å². The van der Waals surface area contributed by atoms with Crippen LogP contribution in [0.5, 0.6) is 5.75 Å². The fourth-order valence-electron chi connectivity index (χ4n) is 4.32. The lowest BCUT2D eigenvalue weighted by atomic mass is 9.97. The minimum Gasteiger partial charge on any atom is -0.493 e. The van der Waals surface area contributed by atoms with Crippen molar-refractivity contribution < 1.29 is 22.3 Å². The number of hydrogen-bond donors (Lipinski definition) is 3. The van der Waals surface area contributed by atoms with E-state index in [4.69, 9.17) is 27.9 Å². The summed E-state index contributed by atoms with van der Waals surface area (Å²) in [7, 11) is -4.10. The van der Waals surface area contributed by atoms with Crippen molar-refractivity contribution in [3.05, 3.63) is 93.2 Å². The summed E-state index contributed by atoms with van der Waals surface area (Å²) >= 11 is 12.0. The number of nitrogens with one attached hydrogen (secondary N) is 3. The molecule has 0 saturated heterocycles. The zero-order valence-corrected chi connectivity index (χ0v) is 24.8. The molecule has 0 radical (unpaired) electrons. The molecule has 40 heavy (non-hydrogen) atoms. The molecular formula is C29H32Cl2FN3O4S. The third-order valence-corrected chi connectivity index (χ3v) is 8.64. The van der Waals surface area contributed by atoms with Crippen LogP contribution in [0.15, 0.2) is 65.6 Å². The maximum Gasteiger partial charge on any atom is 0.241 e. The van der Waals surface area contributed by atoms with Crippen LogP contribution >= 0.6 is 23.2 Å². The number of carbonyl (C=O) groups is 1. The minimum atomic E-state index is -4.10. The van der Waals surface area contributed by atoms with Crippen LogP contribution in [0.2, 0.25) is 10.0 Å². The van der Waals surface area contributed by atoms with Gasteiger partial charge in [-0.05, 0) is 68.3 Å². The highest BCUT2D eigenvalue weighted by Gasteiger charge is 2.28. The van der Waals surface area contributed by atoms with E-state index in [1.165, 1.54) is 42.5 Å². The van der Waals surface area contributed by atoms with Crippen molar-refractivity contribution in [3.8, 4) is 5.75 Å². The molecular weight excluding hydrogens is 576 g/mol. The summed E-state index contributed by atoms with van der Waals surface area (Å²) in [4.78, 5) is 13.2. The number of benzene rings is 3. The summed E-state index contributed by atoms with van der Waals surface area (Å²) in [5.74, 6) is -0.141. The number of hydrogen-bond acceptors (Lipinski definition) is 5. The lowest BCUT2D eigenvalue weighted by molar-refractivity contribution is -0.122. The Kier molecular flexibility index (Phi) is 9.42. The number of halogens is 3. The van der Waals surface area contributed by atoms with Crippen molar-refractivity contribution in [3.63, 3.8) is 0 Å². The van der Waals surface area contributed by atoms with Gasteiger partial charge in [-0.2, -0.15) is 0 Å². The summed E-state index contributed by atoms with van der Waals surface area (Å²) in [6, 6.07) is 13.9. The number of sulfonamides is 1. The van der Waals surface area contributed by atoms with E-state index in [0.29, 0.717) is 30.9 Å². The highest BCUT2D eigenvalue weighted by atomic mass is 35.5. The van der Waals surface area contributed by atoms with Crippen LogP contribution in [0.3, 0.4) is 0 Å². The van der Waals surface area contributed by atoms with Gasteiger partial charge in [0, 0.05) is 30.5 Å². The van der Waals surface area contributed by atoms with Gasteiger partial charge < -0.3 is 15.4 Å². The molecule has 7 nitrogen and oxygen atoms in total. The van der Waals surface area contributed by atoms with Crippen LogP contribution in [0.1, 0.15) is 62.4 Å². The second-order valence-corrected chi connectivity index (χ2v) is 13.3. The average molecular weight is 609 g/mol. The molecule has 4 rings (SSSR count). The molecule has 0 spiro atoms. The zero-order chi connectivity index (χ0) is 29.1. The van der Waals surface area contributed by atoms with Gasteiger partial charge >= 0.3 is 0 Å².